The van der Waals surface area contributed by atoms with Gasteiger partial charge >= 0.3 is 11.9 Å². The maximum atomic E-state index is 10.8. The Kier molecular flexibility index (Phi) is 4.29. The van der Waals surface area contributed by atoms with Crippen LogP contribution in [0.1, 0.15) is 24.9 Å². The highest BCUT2D eigenvalue weighted by atomic mass is 16.5. The smallest absolute Gasteiger partial charge is 0.328 e. The molecule has 0 spiro atoms. The van der Waals surface area contributed by atoms with E-state index in [0.717, 1.165) is 0 Å². The summed E-state index contributed by atoms with van der Waals surface area (Å²) in [6, 6.07) is -0.744. The van der Waals surface area contributed by atoms with Crippen LogP contribution in [0.15, 0.2) is 12.4 Å². The lowest BCUT2D eigenvalue weighted by Gasteiger charge is -2.04. The molecular formula is C11H12N2O4. The summed E-state index contributed by atoms with van der Waals surface area (Å²) in [4.78, 5) is 21.5. The number of ether oxygens (including phenoxy) is 1. The number of rotatable bonds is 3. The van der Waals surface area contributed by atoms with E-state index in [1.807, 2.05) is 0 Å². The summed E-state index contributed by atoms with van der Waals surface area (Å²) < 4.78 is 5.72. The molecule has 0 amide bonds. The lowest BCUT2D eigenvalue weighted by molar-refractivity contribution is -0.141. The number of esters is 1. The van der Waals surface area contributed by atoms with Gasteiger partial charge in [-0.2, -0.15) is 5.10 Å². The van der Waals surface area contributed by atoms with Crippen molar-refractivity contribution in [3.8, 4) is 11.8 Å². The van der Waals surface area contributed by atoms with E-state index < -0.39 is 18.0 Å². The number of methoxy groups -OCH3 is 1. The molecule has 1 atom stereocenters. The fourth-order valence-electron chi connectivity index (χ4n) is 1.02. The molecule has 6 heteroatoms. The van der Waals surface area contributed by atoms with Crippen molar-refractivity contribution in [2.45, 2.75) is 19.4 Å². The molecule has 0 aliphatic rings. The second-order valence-electron chi connectivity index (χ2n) is 3.28. The van der Waals surface area contributed by atoms with Crippen LogP contribution in [0, 0.1) is 11.8 Å². The fourth-order valence-corrected chi connectivity index (χ4v) is 1.02. The molecule has 1 N–H and O–H groups in total. The summed E-state index contributed by atoms with van der Waals surface area (Å²) in [7, 11) is 1.29. The number of carbonyl (C=O) groups is 2. The molecule has 90 valence electrons. The van der Waals surface area contributed by atoms with E-state index in [2.05, 4.69) is 21.7 Å². The van der Waals surface area contributed by atoms with Gasteiger partial charge in [0.1, 0.15) is 12.5 Å². The molecule has 0 aliphatic heterocycles. The quantitative estimate of drug-likeness (QED) is 0.608. The van der Waals surface area contributed by atoms with E-state index >= 15 is 0 Å². The van der Waals surface area contributed by atoms with Crippen molar-refractivity contribution in [1.82, 2.24) is 9.78 Å². The zero-order valence-corrected chi connectivity index (χ0v) is 9.51. The Morgan fingerprint density at radius 2 is 2.35 bits per heavy atom. The first kappa shape index (κ1) is 12.8. The van der Waals surface area contributed by atoms with Gasteiger partial charge in [0.05, 0.1) is 18.9 Å². The van der Waals surface area contributed by atoms with Crippen molar-refractivity contribution in [2.24, 2.45) is 0 Å². The van der Waals surface area contributed by atoms with E-state index in [4.69, 9.17) is 5.11 Å². The normalized spacial score (nSPS) is 11.2. The van der Waals surface area contributed by atoms with Gasteiger partial charge in [0.2, 0.25) is 0 Å². The average molecular weight is 236 g/mol. The highest BCUT2D eigenvalue weighted by Crippen LogP contribution is 2.05. The van der Waals surface area contributed by atoms with Crippen LogP contribution in [-0.4, -0.2) is 33.9 Å². The number of carboxylic acids is 1. The predicted octanol–water partition coefficient (Wildman–Crippen LogP) is 0.443. The van der Waals surface area contributed by atoms with Crippen molar-refractivity contribution < 1.29 is 19.4 Å². The summed E-state index contributed by atoms with van der Waals surface area (Å²) in [6.07, 6.45) is 2.96. The van der Waals surface area contributed by atoms with E-state index in [1.165, 1.54) is 31.1 Å². The van der Waals surface area contributed by atoms with Crippen LogP contribution in [0.4, 0.5) is 0 Å². The topological polar surface area (TPSA) is 81.4 Å². The van der Waals surface area contributed by atoms with E-state index in [9.17, 15) is 9.59 Å². The van der Waals surface area contributed by atoms with Crippen molar-refractivity contribution in [3.63, 3.8) is 0 Å². The van der Waals surface area contributed by atoms with Crippen LogP contribution in [0.2, 0.25) is 0 Å². The fraction of sp³-hybridized carbons (Fsp3) is 0.364. The molecule has 6 nitrogen and oxygen atoms in total. The number of aromatic nitrogens is 2. The molecule has 0 bridgehead atoms. The van der Waals surface area contributed by atoms with Crippen LogP contribution in [0.3, 0.4) is 0 Å². The molecule has 1 rings (SSSR count). The summed E-state index contributed by atoms with van der Waals surface area (Å²) >= 11 is 0. The Balaban J connectivity index is 2.69. The summed E-state index contributed by atoms with van der Waals surface area (Å²) in [6.45, 7) is 1.51. The van der Waals surface area contributed by atoms with Crippen molar-refractivity contribution in [1.29, 1.82) is 0 Å². The first-order chi connectivity index (χ1) is 8.04. The van der Waals surface area contributed by atoms with E-state index in [1.54, 1.807) is 0 Å². The zero-order valence-electron chi connectivity index (χ0n) is 9.51. The van der Waals surface area contributed by atoms with Gasteiger partial charge in [-0.1, -0.05) is 11.8 Å². The lowest BCUT2D eigenvalue weighted by atomic mass is 10.3. The third-order valence-corrected chi connectivity index (χ3v) is 2.05. The summed E-state index contributed by atoms with van der Waals surface area (Å²) in [5, 5.41) is 12.6. The minimum atomic E-state index is -0.970. The molecular weight excluding hydrogens is 224 g/mol. The number of carboxylic acid groups (broad SMARTS) is 1. The summed E-state index contributed by atoms with van der Waals surface area (Å²) in [5.74, 6) is 3.92. The molecule has 0 saturated carbocycles. The predicted molar refractivity (Wildman–Crippen MR) is 58.1 cm³/mol. The van der Waals surface area contributed by atoms with Gasteiger partial charge in [0.15, 0.2) is 0 Å². The lowest BCUT2D eigenvalue weighted by Crippen LogP contribution is -2.15. The monoisotopic (exact) mass is 236 g/mol. The molecule has 0 aromatic carbocycles. The van der Waals surface area contributed by atoms with Gasteiger partial charge in [-0.25, -0.2) is 4.79 Å². The Morgan fingerprint density at radius 3 is 2.94 bits per heavy atom. The first-order valence-corrected chi connectivity index (χ1v) is 4.87. The van der Waals surface area contributed by atoms with Gasteiger partial charge < -0.3 is 9.84 Å². The van der Waals surface area contributed by atoms with Crippen LogP contribution < -0.4 is 0 Å². The highest BCUT2D eigenvalue weighted by Gasteiger charge is 2.13. The van der Waals surface area contributed by atoms with Gasteiger partial charge in [0.25, 0.3) is 0 Å². The second-order valence-corrected chi connectivity index (χ2v) is 3.28. The van der Waals surface area contributed by atoms with Gasteiger partial charge in [-0.3, -0.25) is 9.48 Å². The van der Waals surface area contributed by atoms with Crippen molar-refractivity contribution in [2.75, 3.05) is 7.11 Å². The van der Waals surface area contributed by atoms with E-state index in [-0.39, 0.29) is 6.42 Å². The third-order valence-electron chi connectivity index (χ3n) is 2.05. The Morgan fingerprint density at radius 1 is 1.65 bits per heavy atom. The largest absolute Gasteiger partial charge is 0.480 e. The Hall–Kier alpha value is -2.29. The standard InChI is InChI=1S/C11H12N2O4/c1-8(11(15)16)13-7-9(6-12-13)4-3-5-10(14)17-2/h6-8H,5H2,1-2H3,(H,15,16)/t8-/m0/s1. The minimum absolute atomic E-state index is 0.00381. The van der Waals surface area contributed by atoms with Crippen molar-refractivity contribution in [3.05, 3.63) is 18.0 Å². The molecule has 0 unspecified atom stereocenters. The molecule has 0 saturated heterocycles. The molecule has 0 radical (unpaired) electrons. The molecule has 17 heavy (non-hydrogen) atoms. The number of nitrogens with zero attached hydrogens (tertiary/aromatic N) is 2. The molecule has 1 aromatic heterocycles. The van der Waals surface area contributed by atoms with Gasteiger partial charge in [0, 0.05) is 6.20 Å². The van der Waals surface area contributed by atoms with Gasteiger partial charge in [-0.05, 0) is 6.92 Å². The highest BCUT2D eigenvalue weighted by molar-refractivity contribution is 5.72. The maximum absolute atomic E-state index is 10.8. The second kappa shape index (κ2) is 5.70. The van der Waals surface area contributed by atoms with Gasteiger partial charge in [-0.15, -0.1) is 0 Å². The number of aliphatic carboxylic acids is 1. The summed E-state index contributed by atoms with van der Waals surface area (Å²) in [5.41, 5.74) is 0.557. The van der Waals surface area contributed by atoms with Crippen LogP contribution in [0.25, 0.3) is 0 Å². The molecule has 0 fully saturated rings. The number of hydrogen-bond donors (Lipinski definition) is 1. The van der Waals surface area contributed by atoms with Crippen molar-refractivity contribution >= 4 is 11.9 Å². The Labute approximate surface area is 98.2 Å². The maximum Gasteiger partial charge on any atom is 0.328 e. The number of carbonyl (C=O) groups excluding carboxylic acids is 1. The van der Waals surface area contributed by atoms with Crippen LogP contribution in [-0.2, 0) is 14.3 Å². The Bertz CT molecular complexity index is 481. The third kappa shape index (κ3) is 3.65. The molecule has 1 heterocycles. The van der Waals surface area contributed by atoms with E-state index in [0.29, 0.717) is 5.56 Å². The zero-order chi connectivity index (χ0) is 12.8. The van der Waals surface area contributed by atoms with Crippen LogP contribution >= 0.6 is 0 Å². The first-order valence-electron chi connectivity index (χ1n) is 4.87. The SMILES string of the molecule is COC(=O)CC#Cc1cnn([C@@H](C)C(=O)O)c1. The molecule has 0 aliphatic carbocycles. The van der Waals surface area contributed by atoms with Crippen LogP contribution in [0.5, 0.6) is 0 Å². The average Bonchev–Trinajstić information content (AvgIpc) is 2.76. The number of hydrogen-bond acceptors (Lipinski definition) is 4. The minimum Gasteiger partial charge on any atom is -0.480 e. The molecule has 1 aromatic rings.